The number of amides is 1. The van der Waals surface area contributed by atoms with Crippen molar-refractivity contribution in [1.82, 2.24) is 0 Å². The molecule has 0 heterocycles. The number of anilines is 1. The van der Waals surface area contributed by atoms with Gasteiger partial charge in [0.1, 0.15) is 5.82 Å². The Morgan fingerprint density at radius 2 is 2.12 bits per heavy atom. The Bertz CT molecular complexity index is 414. The number of hydrogen-bond donors (Lipinski definition) is 2. The maximum absolute atomic E-state index is 13.6. The van der Waals surface area contributed by atoms with Crippen LogP contribution in [0.25, 0.3) is 0 Å². The number of carbonyl (C=O) groups is 1. The molecule has 1 aromatic carbocycles. The second kappa shape index (κ2) is 5.27. The van der Waals surface area contributed by atoms with E-state index in [9.17, 15) is 9.18 Å². The first-order chi connectivity index (χ1) is 8.20. The van der Waals surface area contributed by atoms with Crippen LogP contribution in [0.4, 0.5) is 10.1 Å². The van der Waals surface area contributed by atoms with E-state index >= 15 is 0 Å². The molecule has 1 amide bonds. The predicted octanol–water partition coefficient (Wildman–Crippen LogP) is 2.41. The lowest BCUT2D eigenvalue weighted by Gasteiger charge is -2.11. The van der Waals surface area contributed by atoms with Crippen LogP contribution >= 0.6 is 0 Å². The molecule has 0 spiro atoms. The van der Waals surface area contributed by atoms with Gasteiger partial charge in [0.2, 0.25) is 5.91 Å². The highest BCUT2D eigenvalue weighted by atomic mass is 19.1. The Kier molecular flexibility index (Phi) is 3.74. The summed E-state index contributed by atoms with van der Waals surface area (Å²) in [5.74, 6) is -0.440. The van der Waals surface area contributed by atoms with Crippen molar-refractivity contribution in [3.05, 3.63) is 29.6 Å². The van der Waals surface area contributed by atoms with Gasteiger partial charge in [0.15, 0.2) is 0 Å². The minimum absolute atomic E-state index is 0.0450. The third-order valence-corrected chi connectivity index (χ3v) is 3.25. The van der Waals surface area contributed by atoms with Gasteiger partial charge in [-0.1, -0.05) is 18.9 Å². The summed E-state index contributed by atoms with van der Waals surface area (Å²) < 4.78 is 13.6. The van der Waals surface area contributed by atoms with Gasteiger partial charge in [0.05, 0.1) is 5.69 Å². The number of nitrogens with two attached hydrogens (primary N) is 1. The van der Waals surface area contributed by atoms with E-state index < -0.39 is 5.82 Å². The highest BCUT2D eigenvalue weighted by Gasteiger charge is 2.23. The molecule has 1 saturated carbocycles. The molecular formula is C13H17FN2O. The molecule has 1 aromatic rings. The van der Waals surface area contributed by atoms with Gasteiger partial charge < -0.3 is 11.1 Å². The van der Waals surface area contributed by atoms with Gasteiger partial charge in [-0.15, -0.1) is 0 Å². The van der Waals surface area contributed by atoms with E-state index in [1.54, 1.807) is 12.1 Å². The molecule has 0 radical (unpaired) electrons. The summed E-state index contributed by atoms with van der Waals surface area (Å²) >= 11 is 0. The van der Waals surface area contributed by atoms with Crippen molar-refractivity contribution in [2.24, 2.45) is 11.7 Å². The van der Waals surface area contributed by atoms with Gasteiger partial charge in [-0.2, -0.15) is 0 Å². The summed E-state index contributed by atoms with van der Waals surface area (Å²) in [6, 6.07) is 4.67. The molecule has 92 valence electrons. The molecule has 1 fully saturated rings. The van der Waals surface area contributed by atoms with Crippen LogP contribution in [0.15, 0.2) is 18.2 Å². The molecule has 3 nitrogen and oxygen atoms in total. The van der Waals surface area contributed by atoms with Crippen LogP contribution in [0.5, 0.6) is 0 Å². The first-order valence-corrected chi connectivity index (χ1v) is 6.00. The zero-order chi connectivity index (χ0) is 12.3. The van der Waals surface area contributed by atoms with Gasteiger partial charge in [-0.05, 0) is 30.5 Å². The smallest absolute Gasteiger partial charge is 0.227 e. The monoisotopic (exact) mass is 236 g/mol. The van der Waals surface area contributed by atoms with Crippen molar-refractivity contribution < 1.29 is 9.18 Å². The molecular weight excluding hydrogens is 219 g/mol. The maximum Gasteiger partial charge on any atom is 0.227 e. The van der Waals surface area contributed by atoms with Crippen molar-refractivity contribution in [1.29, 1.82) is 0 Å². The van der Waals surface area contributed by atoms with Crippen molar-refractivity contribution in [2.75, 3.05) is 5.32 Å². The molecule has 17 heavy (non-hydrogen) atoms. The molecule has 0 saturated heterocycles. The van der Waals surface area contributed by atoms with Crippen LogP contribution < -0.4 is 11.1 Å². The van der Waals surface area contributed by atoms with E-state index in [0.29, 0.717) is 6.54 Å². The largest absolute Gasteiger partial charge is 0.326 e. The molecule has 2 rings (SSSR count). The highest BCUT2D eigenvalue weighted by molar-refractivity contribution is 5.92. The summed E-state index contributed by atoms with van der Waals surface area (Å²) in [7, 11) is 0. The number of hydrogen-bond acceptors (Lipinski definition) is 2. The van der Waals surface area contributed by atoms with Crippen molar-refractivity contribution >= 4 is 11.6 Å². The van der Waals surface area contributed by atoms with E-state index in [2.05, 4.69) is 5.32 Å². The maximum atomic E-state index is 13.6. The Balaban J connectivity index is 2.05. The van der Waals surface area contributed by atoms with Crippen LogP contribution in [0.1, 0.15) is 31.2 Å². The Morgan fingerprint density at radius 1 is 1.41 bits per heavy atom. The fourth-order valence-corrected chi connectivity index (χ4v) is 2.21. The summed E-state index contributed by atoms with van der Waals surface area (Å²) in [4.78, 5) is 11.8. The second-order valence-corrected chi connectivity index (χ2v) is 4.49. The third-order valence-electron chi connectivity index (χ3n) is 3.25. The molecule has 4 heteroatoms. The van der Waals surface area contributed by atoms with Gasteiger partial charge in [0.25, 0.3) is 0 Å². The summed E-state index contributed by atoms with van der Waals surface area (Å²) in [5, 5.41) is 2.65. The topological polar surface area (TPSA) is 55.1 Å². The lowest BCUT2D eigenvalue weighted by Crippen LogP contribution is -2.21. The lowest BCUT2D eigenvalue weighted by molar-refractivity contribution is -0.119. The number of rotatable bonds is 3. The summed E-state index contributed by atoms with van der Waals surface area (Å²) in [6.45, 7) is 0.299. The average molecular weight is 236 g/mol. The first kappa shape index (κ1) is 12.0. The standard InChI is InChI=1S/C13H17FN2O/c14-11-7-9(8-15)5-6-12(11)16-13(17)10-3-1-2-4-10/h5-7,10H,1-4,8,15H2,(H,16,17). The third kappa shape index (κ3) is 2.82. The first-order valence-electron chi connectivity index (χ1n) is 6.00. The van der Waals surface area contributed by atoms with Crippen LogP contribution in [0.2, 0.25) is 0 Å². The Morgan fingerprint density at radius 3 is 2.71 bits per heavy atom. The van der Waals surface area contributed by atoms with Gasteiger partial charge in [-0.3, -0.25) is 4.79 Å². The number of halogens is 1. The van der Waals surface area contributed by atoms with Crippen LogP contribution in [0, 0.1) is 11.7 Å². The molecule has 0 aromatic heterocycles. The van der Waals surface area contributed by atoms with Crippen LogP contribution in [-0.2, 0) is 11.3 Å². The fraction of sp³-hybridized carbons (Fsp3) is 0.462. The van der Waals surface area contributed by atoms with Crippen LogP contribution in [-0.4, -0.2) is 5.91 Å². The summed E-state index contributed by atoms with van der Waals surface area (Å²) in [6.07, 6.45) is 4.00. The SMILES string of the molecule is NCc1ccc(NC(=O)C2CCCC2)c(F)c1. The van der Waals surface area contributed by atoms with Gasteiger partial charge in [-0.25, -0.2) is 4.39 Å². The normalized spacial score (nSPS) is 16.1. The van der Waals surface area contributed by atoms with Crippen molar-refractivity contribution in [3.8, 4) is 0 Å². The summed E-state index contributed by atoms with van der Waals surface area (Å²) in [5.41, 5.74) is 6.39. The molecule has 0 bridgehead atoms. The van der Waals surface area contributed by atoms with Gasteiger partial charge >= 0.3 is 0 Å². The van der Waals surface area contributed by atoms with Crippen molar-refractivity contribution in [3.63, 3.8) is 0 Å². The minimum Gasteiger partial charge on any atom is -0.326 e. The minimum atomic E-state index is -0.417. The van der Waals surface area contributed by atoms with E-state index in [1.165, 1.54) is 6.07 Å². The Hall–Kier alpha value is -1.42. The number of benzene rings is 1. The zero-order valence-electron chi connectivity index (χ0n) is 9.71. The van der Waals surface area contributed by atoms with Crippen LogP contribution in [0.3, 0.4) is 0 Å². The molecule has 3 N–H and O–H groups in total. The zero-order valence-corrected chi connectivity index (χ0v) is 9.71. The molecule has 0 atom stereocenters. The quantitative estimate of drug-likeness (QED) is 0.846. The van der Waals surface area contributed by atoms with E-state index in [1.807, 2.05) is 0 Å². The molecule has 0 aliphatic heterocycles. The average Bonchev–Trinajstić information content (AvgIpc) is 2.85. The lowest BCUT2D eigenvalue weighted by atomic mass is 10.1. The van der Waals surface area contributed by atoms with E-state index in [-0.39, 0.29) is 17.5 Å². The Labute approximate surface area is 100 Å². The van der Waals surface area contributed by atoms with E-state index in [0.717, 1.165) is 31.2 Å². The fourth-order valence-electron chi connectivity index (χ4n) is 2.21. The molecule has 0 unspecified atom stereocenters. The predicted molar refractivity (Wildman–Crippen MR) is 64.9 cm³/mol. The highest BCUT2D eigenvalue weighted by Crippen LogP contribution is 2.26. The molecule has 1 aliphatic carbocycles. The number of nitrogens with one attached hydrogen (secondary N) is 1. The van der Waals surface area contributed by atoms with Gasteiger partial charge in [0, 0.05) is 12.5 Å². The van der Waals surface area contributed by atoms with E-state index in [4.69, 9.17) is 5.73 Å². The number of carbonyl (C=O) groups excluding carboxylic acids is 1. The van der Waals surface area contributed by atoms with Crippen molar-refractivity contribution in [2.45, 2.75) is 32.2 Å². The molecule has 1 aliphatic rings. The second-order valence-electron chi connectivity index (χ2n) is 4.49.